The fraction of sp³-hybridized carbons (Fsp3) is 0.143. The van der Waals surface area contributed by atoms with E-state index in [-0.39, 0.29) is 0 Å². The van der Waals surface area contributed by atoms with Crippen molar-refractivity contribution in [2.75, 3.05) is 14.2 Å². The van der Waals surface area contributed by atoms with E-state index in [1.54, 1.807) is 43.5 Å². The number of methoxy groups -OCH3 is 2. The highest BCUT2D eigenvalue weighted by Crippen LogP contribution is 2.20. The van der Waals surface area contributed by atoms with Crippen LogP contribution in [0.1, 0.15) is 16.7 Å². The van der Waals surface area contributed by atoms with Crippen LogP contribution < -0.4 is 9.47 Å². The highest BCUT2D eigenvalue weighted by molar-refractivity contribution is 5.89. The maximum atomic E-state index is 11.9. The normalized spacial score (nSPS) is 10.9. The first-order valence-corrected chi connectivity index (χ1v) is 7.92. The lowest BCUT2D eigenvalue weighted by atomic mass is 10.1. The molecular formula is C21H20O5. The van der Waals surface area contributed by atoms with Gasteiger partial charge in [0.25, 0.3) is 0 Å². The van der Waals surface area contributed by atoms with Gasteiger partial charge in [-0.2, -0.15) is 0 Å². The van der Waals surface area contributed by atoms with Gasteiger partial charge in [0.2, 0.25) is 0 Å². The van der Waals surface area contributed by atoms with Gasteiger partial charge in [0.15, 0.2) is 0 Å². The van der Waals surface area contributed by atoms with Crippen molar-refractivity contribution in [1.29, 1.82) is 0 Å². The molecule has 0 saturated heterocycles. The molecular weight excluding hydrogens is 332 g/mol. The van der Waals surface area contributed by atoms with E-state index in [9.17, 15) is 9.59 Å². The minimum absolute atomic E-state index is 0.413. The van der Waals surface area contributed by atoms with Gasteiger partial charge in [-0.25, -0.2) is 9.59 Å². The number of carbonyl (C=O) groups is 2. The number of hydrogen-bond donors (Lipinski definition) is 0. The molecule has 0 aliphatic carbocycles. The third-order valence-corrected chi connectivity index (χ3v) is 3.56. The van der Waals surface area contributed by atoms with E-state index in [1.165, 1.54) is 19.3 Å². The monoisotopic (exact) mass is 352 g/mol. The first kappa shape index (κ1) is 19.0. The molecule has 0 aliphatic heterocycles. The SMILES string of the molecule is COC(=O)/C=C/c1ccc(OC(=O)/C=C/c2ccc(C)c(OC)c2)cc1. The molecule has 5 heteroatoms. The first-order valence-electron chi connectivity index (χ1n) is 7.92. The summed E-state index contributed by atoms with van der Waals surface area (Å²) < 4.78 is 15.0. The minimum Gasteiger partial charge on any atom is -0.496 e. The molecule has 2 aromatic rings. The maximum Gasteiger partial charge on any atom is 0.336 e. The second-order valence-corrected chi connectivity index (χ2v) is 5.41. The van der Waals surface area contributed by atoms with Gasteiger partial charge in [-0.05, 0) is 54.0 Å². The third-order valence-electron chi connectivity index (χ3n) is 3.56. The van der Waals surface area contributed by atoms with Crippen molar-refractivity contribution in [3.63, 3.8) is 0 Å². The minimum atomic E-state index is -0.484. The first-order chi connectivity index (χ1) is 12.5. The fourth-order valence-electron chi connectivity index (χ4n) is 2.13. The van der Waals surface area contributed by atoms with Gasteiger partial charge < -0.3 is 14.2 Å². The number of rotatable bonds is 6. The molecule has 0 atom stereocenters. The summed E-state index contributed by atoms with van der Waals surface area (Å²) >= 11 is 0. The Morgan fingerprint density at radius 1 is 0.846 bits per heavy atom. The quantitative estimate of drug-likeness (QED) is 0.449. The summed E-state index contributed by atoms with van der Waals surface area (Å²) in [6, 6.07) is 12.4. The van der Waals surface area contributed by atoms with Crippen LogP contribution in [0.3, 0.4) is 0 Å². The molecule has 0 bridgehead atoms. The van der Waals surface area contributed by atoms with Crippen LogP contribution in [-0.2, 0) is 14.3 Å². The topological polar surface area (TPSA) is 61.8 Å². The molecule has 0 saturated carbocycles. The molecule has 0 aliphatic rings. The van der Waals surface area contributed by atoms with Crippen LogP contribution in [0, 0.1) is 6.92 Å². The molecule has 26 heavy (non-hydrogen) atoms. The zero-order valence-electron chi connectivity index (χ0n) is 14.9. The van der Waals surface area contributed by atoms with E-state index in [0.717, 1.165) is 22.4 Å². The van der Waals surface area contributed by atoms with E-state index in [2.05, 4.69) is 4.74 Å². The van der Waals surface area contributed by atoms with Crippen molar-refractivity contribution in [3.8, 4) is 11.5 Å². The van der Waals surface area contributed by atoms with Crippen molar-refractivity contribution < 1.29 is 23.8 Å². The van der Waals surface area contributed by atoms with E-state index in [4.69, 9.17) is 9.47 Å². The van der Waals surface area contributed by atoms with Gasteiger partial charge in [-0.3, -0.25) is 0 Å². The molecule has 0 spiro atoms. The van der Waals surface area contributed by atoms with Gasteiger partial charge in [0.05, 0.1) is 14.2 Å². The van der Waals surface area contributed by atoms with Crippen LogP contribution in [-0.4, -0.2) is 26.2 Å². The number of ether oxygens (including phenoxy) is 3. The van der Waals surface area contributed by atoms with E-state index in [1.807, 2.05) is 25.1 Å². The van der Waals surface area contributed by atoms with Gasteiger partial charge in [-0.1, -0.05) is 24.3 Å². The van der Waals surface area contributed by atoms with Crippen molar-refractivity contribution in [1.82, 2.24) is 0 Å². The Balaban J connectivity index is 1.97. The summed E-state index contributed by atoms with van der Waals surface area (Å²) in [5, 5.41) is 0. The third kappa shape index (κ3) is 5.63. The van der Waals surface area contributed by atoms with Crippen LogP contribution in [0.5, 0.6) is 11.5 Å². The van der Waals surface area contributed by atoms with Gasteiger partial charge in [0.1, 0.15) is 11.5 Å². The predicted octanol–water partition coefficient (Wildman–Crippen LogP) is 3.81. The van der Waals surface area contributed by atoms with Crippen LogP contribution in [0.25, 0.3) is 12.2 Å². The standard InChI is InChI=1S/C21H20O5/c1-15-4-5-17(14-19(15)24-2)9-13-21(23)26-18-10-6-16(7-11-18)8-12-20(22)25-3/h4-14H,1-3H3/b12-8+,13-9+. The number of carbonyl (C=O) groups excluding carboxylic acids is 2. The summed E-state index contributed by atoms with van der Waals surface area (Å²) in [5.41, 5.74) is 2.65. The Bertz CT molecular complexity index is 832. The average molecular weight is 352 g/mol. The van der Waals surface area contributed by atoms with Gasteiger partial charge in [-0.15, -0.1) is 0 Å². The fourth-order valence-corrected chi connectivity index (χ4v) is 2.13. The van der Waals surface area contributed by atoms with Crippen molar-refractivity contribution in [2.24, 2.45) is 0 Å². The number of benzene rings is 2. The lowest BCUT2D eigenvalue weighted by Crippen LogP contribution is -2.03. The zero-order chi connectivity index (χ0) is 18.9. The molecule has 2 rings (SSSR count). The van der Waals surface area contributed by atoms with Crippen LogP contribution in [0.4, 0.5) is 0 Å². The van der Waals surface area contributed by atoms with Crippen molar-refractivity contribution in [3.05, 3.63) is 71.3 Å². The maximum absolute atomic E-state index is 11.9. The van der Waals surface area contributed by atoms with Gasteiger partial charge in [0, 0.05) is 12.2 Å². The largest absolute Gasteiger partial charge is 0.496 e. The highest BCUT2D eigenvalue weighted by Gasteiger charge is 2.02. The molecule has 0 fully saturated rings. The molecule has 0 unspecified atom stereocenters. The molecule has 5 nitrogen and oxygen atoms in total. The predicted molar refractivity (Wildman–Crippen MR) is 99.9 cm³/mol. The zero-order valence-corrected chi connectivity index (χ0v) is 14.9. The Labute approximate surface area is 152 Å². The molecule has 0 aromatic heterocycles. The summed E-state index contributed by atoms with van der Waals surface area (Å²) in [4.78, 5) is 23.0. The van der Waals surface area contributed by atoms with Crippen molar-refractivity contribution >= 4 is 24.1 Å². The number of hydrogen-bond acceptors (Lipinski definition) is 5. The Morgan fingerprint density at radius 3 is 2.12 bits per heavy atom. The lowest BCUT2D eigenvalue weighted by molar-refractivity contribution is -0.134. The second kappa shape index (κ2) is 9.22. The molecule has 2 aromatic carbocycles. The second-order valence-electron chi connectivity index (χ2n) is 5.41. The van der Waals surface area contributed by atoms with Crippen molar-refractivity contribution in [2.45, 2.75) is 6.92 Å². The average Bonchev–Trinajstić information content (AvgIpc) is 2.66. The van der Waals surface area contributed by atoms with Gasteiger partial charge >= 0.3 is 11.9 Å². The van der Waals surface area contributed by atoms with E-state index in [0.29, 0.717) is 5.75 Å². The number of esters is 2. The Kier molecular flexibility index (Phi) is 6.74. The summed E-state index contributed by atoms with van der Waals surface area (Å²) in [6.45, 7) is 1.95. The smallest absolute Gasteiger partial charge is 0.336 e. The lowest BCUT2D eigenvalue weighted by Gasteiger charge is -2.05. The van der Waals surface area contributed by atoms with E-state index < -0.39 is 11.9 Å². The summed E-state index contributed by atoms with van der Waals surface area (Å²) in [6.07, 6.45) is 5.95. The Hall–Kier alpha value is -3.34. The summed E-state index contributed by atoms with van der Waals surface area (Å²) in [7, 11) is 2.92. The van der Waals surface area contributed by atoms with E-state index >= 15 is 0 Å². The molecule has 0 amide bonds. The molecule has 134 valence electrons. The van der Waals surface area contributed by atoms with Crippen LogP contribution >= 0.6 is 0 Å². The summed E-state index contributed by atoms with van der Waals surface area (Å²) in [5.74, 6) is 0.258. The molecule has 0 heterocycles. The highest BCUT2D eigenvalue weighted by atomic mass is 16.5. The van der Waals surface area contributed by atoms with Crippen LogP contribution in [0.15, 0.2) is 54.6 Å². The number of aryl methyl sites for hydroxylation is 1. The van der Waals surface area contributed by atoms with Crippen LogP contribution in [0.2, 0.25) is 0 Å². The molecule has 0 N–H and O–H groups in total. The Morgan fingerprint density at radius 2 is 1.46 bits per heavy atom. The molecule has 0 radical (unpaired) electrons.